The van der Waals surface area contributed by atoms with Crippen LogP contribution in [0.4, 0.5) is 0 Å². The summed E-state index contributed by atoms with van der Waals surface area (Å²) in [4.78, 5) is 0.145. The zero-order valence-electron chi connectivity index (χ0n) is 19.5. The van der Waals surface area contributed by atoms with E-state index in [9.17, 15) is 8.42 Å². The van der Waals surface area contributed by atoms with Gasteiger partial charge in [0.1, 0.15) is 12.4 Å². The van der Waals surface area contributed by atoms with Crippen LogP contribution in [-0.2, 0) is 27.3 Å². The van der Waals surface area contributed by atoms with E-state index in [4.69, 9.17) is 4.74 Å². The Morgan fingerprint density at radius 3 is 2.11 bits per heavy atom. The fourth-order valence-corrected chi connectivity index (χ4v) is 5.20. The first-order valence-corrected chi connectivity index (χ1v) is 13.0. The van der Waals surface area contributed by atoms with Crippen molar-refractivity contribution in [3.05, 3.63) is 131 Å². The summed E-state index contributed by atoms with van der Waals surface area (Å²) >= 11 is 0. The van der Waals surface area contributed by atoms with Crippen molar-refractivity contribution in [1.82, 2.24) is 0 Å². The van der Waals surface area contributed by atoms with E-state index in [0.717, 1.165) is 40.9 Å². The second-order valence-corrected chi connectivity index (χ2v) is 10.2. The Morgan fingerprint density at radius 2 is 1.43 bits per heavy atom. The van der Waals surface area contributed by atoms with Gasteiger partial charge < -0.3 is 4.74 Å². The average Bonchev–Trinajstić information content (AvgIpc) is 2.92. The van der Waals surface area contributed by atoms with Crippen LogP contribution in [0.2, 0.25) is 0 Å². The number of hydrogen-bond donors (Lipinski definition) is 0. The van der Waals surface area contributed by atoms with E-state index < -0.39 is 10.1 Å². The lowest BCUT2D eigenvalue weighted by Gasteiger charge is -2.25. The molecule has 0 N–H and O–H groups in total. The van der Waals surface area contributed by atoms with Gasteiger partial charge in [0.2, 0.25) is 0 Å². The van der Waals surface area contributed by atoms with Gasteiger partial charge in [-0.05, 0) is 76.1 Å². The highest BCUT2D eigenvalue weighted by atomic mass is 32.2. The molecule has 5 heteroatoms. The van der Waals surface area contributed by atoms with Crippen LogP contribution in [0.15, 0.2) is 108 Å². The minimum absolute atomic E-state index is 0.145. The molecule has 0 heterocycles. The molecule has 1 aliphatic carbocycles. The van der Waals surface area contributed by atoms with Crippen molar-refractivity contribution in [2.75, 3.05) is 7.11 Å². The fraction of sp³-hybridized carbons (Fsp3) is 0.133. The predicted octanol–water partition coefficient (Wildman–Crippen LogP) is 6.51. The summed E-state index contributed by atoms with van der Waals surface area (Å²) in [7, 11) is -2.56. The lowest BCUT2D eigenvalue weighted by molar-refractivity contribution is 0.306. The van der Waals surface area contributed by atoms with Crippen molar-refractivity contribution in [3.63, 3.8) is 0 Å². The lowest BCUT2D eigenvalue weighted by atomic mass is 9.79. The third kappa shape index (κ3) is 4.92. The molecule has 0 radical (unpaired) electrons. The first kappa shape index (κ1) is 23.1. The van der Waals surface area contributed by atoms with Crippen LogP contribution in [0, 0.1) is 0 Å². The van der Waals surface area contributed by atoms with Crippen LogP contribution >= 0.6 is 0 Å². The van der Waals surface area contributed by atoms with Crippen molar-refractivity contribution in [1.29, 1.82) is 0 Å². The fourth-order valence-electron chi connectivity index (χ4n) is 4.54. The van der Waals surface area contributed by atoms with Crippen molar-refractivity contribution < 1.29 is 17.3 Å². The SMILES string of the molecule is COS(=O)(=O)c1ccc(C2=C(c3ccccc3)CCc3cc(OCc4ccccc4)ccc32)cc1. The summed E-state index contributed by atoms with van der Waals surface area (Å²) in [6.07, 6.45) is 1.79. The molecule has 176 valence electrons. The summed E-state index contributed by atoms with van der Waals surface area (Å²) < 4.78 is 35.0. The summed E-state index contributed by atoms with van der Waals surface area (Å²) in [6.45, 7) is 0.521. The second kappa shape index (κ2) is 9.90. The number of fused-ring (bicyclic) bond motifs is 1. The van der Waals surface area contributed by atoms with Gasteiger partial charge in [-0.15, -0.1) is 0 Å². The van der Waals surface area contributed by atoms with Crippen LogP contribution in [0.1, 0.15) is 34.2 Å². The van der Waals surface area contributed by atoms with Gasteiger partial charge in [0.25, 0.3) is 10.1 Å². The topological polar surface area (TPSA) is 52.6 Å². The van der Waals surface area contributed by atoms with Crippen molar-refractivity contribution in [2.45, 2.75) is 24.3 Å². The van der Waals surface area contributed by atoms with Gasteiger partial charge in [0, 0.05) is 0 Å². The highest BCUT2D eigenvalue weighted by Gasteiger charge is 2.23. The minimum atomic E-state index is -3.74. The molecule has 0 bridgehead atoms. The Morgan fingerprint density at radius 1 is 0.743 bits per heavy atom. The molecule has 0 atom stereocenters. The molecule has 0 unspecified atom stereocenters. The Hall–Kier alpha value is -3.67. The summed E-state index contributed by atoms with van der Waals surface area (Å²) in [5.41, 5.74) is 8.00. The van der Waals surface area contributed by atoms with Gasteiger partial charge in [-0.25, -0.2) is 0 Å². The molecule has 5 rings (SSSR count). The van der Waals surface area contributed by atoms with Crippen LogP contribution in [0.25, 0.3) is 11.1 Å². The molecule has 0 saturated carbocycles. The number of aryl methyl sites for hydroxylation is 1. The maximum absolute atomic E-state index is 12.1. The summed E-state index contributed by atoms with van der Waals surface area (Å²) in [5, 5.41) is 0. The van der Waals surface area contributed by atoms with E-state index in [1.54, 1.807) is 12.1 Å². The van der Waals surface area contributed by atoms with Gasteiger partial charge in [-0.3, -0.25) is 4.18 Å². The second-order valence-electron chi connectivity index (χ2n) is 8.46. The van der Waals surface area contributed by atoms with Crippen LogP contribution in [0.3, 0.4) is 0 Å². The monoisotopic (exact) mass is 482 g/mol. The molecule has 0 spiro atoms. The number of rotatable bonds is 7. The molecule has 0 aromatic heterocycles. The van der Waals surface area contributed by atoms with Gasteiger partial charge in [-0.2, -0.15) is 8.42 Å². The Bertz CT molecular complexity index is 1460. The maximum Gasteiger partial charge on any atom is 0.296 e. The standard InChI is InChI=1S/C30H26O4S/c1-33-35(31,32)27-16-12-24(13-17-27)30-28(23-10-6-3-7-11-23)18-14-25-20-26(15-19-29(25)30)34-21-22-8-4-2-5-9-22/h2-13,15-17,19-20H,14,18,21H2,1H3. The molecule has 0 aliphatic heterocycles. The van der Waals surface area contributed by atoms with Crippen molar-refractivity contribution >= 4 is 21.3 Å². The first-order valence-electron chi connectivity index (χ1n) is 11.5. The van der Waals surface area contributed by atoms with E-state index in [0.29, 0.717) is 6.61 Å². The third-order valence-corrected chi connectivity index (χ3v) is 7.60. The maximum atomic E-state index is 12.1. The number of hydrogen-bond acceptors (Lipinski definition) is 4. The molecule has 35 heavy (non-hydrogen) atoms. The molecular weight excluding hydrogens is 456 g/mol. The van der Waals surface area contributed by atoms with Gasteiger partial charge in [0.05, 0.1) is 12.0 Å². The van der Waals surface area contributed by atoms with Gasteiger partial charge >= 0.3 is 0 Å². The van der Waals surface area contributed by atoms with E-state index in [1.807, 2.05) is 54.6 Å². The zero-order valence-corrected chi connectivity index (χ0v) is 20.3. The van der Waals surface area contributed by atoms with Gasteiger partial charge in [0.15, 0.2) is 0 Å². The summed E-state index contributed by atoms with van der Waals surface area (Å²) in [6, 6.07) is 33.7. The van der Waals surface area contributed by atoms with Crippen LogP contribution in [-0.4, -0.2) is 15.5 Å². The van der Waals surface area contributed by atoms with Gasteiger partial charge in [-0.1, -0.05) is 78.9 Å². The highest BCUT2D eigenvalue weighted by molar-refractivity contribution is 7.86. The normalized spacial score (nSPS) is 13.4. The van der Waals surface area contributed by atoms with E-state index >= 15 is 0 Å². The zero-order chi connectivity index (χ0) is 24.3. The van der Waals surface area contributed by atoms with Crippen molar-refractivity contribution in [2.24, 2.45) is 0 Å². The lowest BCUT2D eigenvalue weighted by Crippen LogP contribution is -2.08. The molecule has 0 amide bonds. The molecular formula is C30H26O4S. The van der Waals surface area contributed by atoms with E-state index in [1.165, 1.54) is 23.8 Å². The Balaban J connectivity index is 1.55. The first-order chi connectivity index (χ1) is 17.0. The average molecular weight is 483 g/mol. The van der Waals surface area contributed by atoms with E-state index in [2.05, 4.69) is 40.6 Å². The molecule has 0 saturated heterocycles. The van der Waals surface area contributed by atoms with Crippen molar-refractivity contribution in [3.8, 4) is 5.75 Å². The Kier molecular flexibility index (Phi) is 6.53. The quantitative estimate of drug-likeness (QED) is 0.282. The molecule has 4 aromatic carbocycles. The molecule has 1 aliphatic rings. The minimum Gasteiger partial charge on any atom is -0.489 e. The predicted molar refractivity (Wildman–Crippen MR) is 139 cm³/mol. The summed E-state index contributed by atoms with van der Waals surface area (Å²) in [5.74, 6) is 0.844. The Labute approximate surface area is 206 Å². The van der Waals surface area contributed by atoms with Crippen LogP contribution in [0.5, 0.6) is 5.75 Å². The van der Waals surface area contributed by atoms with E-state index in [-0.39, 0.29) is 4.90 Å². The molecule has 4 aromatic rings. The largest absolute Gasteiger partial charge is 0.489 e. The number of ether oxygens (including phenoxy) is 1. The third-order valence-electron chi connectivity index (χ3n) is 6.31. The highest BCUT2D eigenvalue weighted by Crippen LogP contribution is 2.42. The number of benzene rings is 4. The number of allylic oxidation sites excluding steroid dienone is 1. The van der Waals surface area contributed by atoms with Crippen LogP contribution < -0.4 is 4.74 Å². The molecule has 0 fully saturated rings. The smallest absolute Gasteiger partial charge is 0.296 e. The molecule has 4 nitrogen and oxygen atoms in total.